The number of aryl methyl sites for hydroxylation is 2. The maximum atomic E-state index is 13.4. The number of thiazole rings is 2. The third-order valence-corrected chi connectivity index (χ3v) is 7.70. The molecule has 3 heterocycles. The molecule has 146 valence electrons. The van der Waals surface area contributed by atoms with E-state index in [9.17, 15) is 9.18 Å². The maximum Gasteiger partial charge on any atom is 0.229 e. The van der Waals surface area contributed by atoms with Crippen molar-refractivity contribution in [2.24, 2.45) is 5.92 Å². The van der Waals surface area contributed by atoms with Crippen molar-refractivity contribution in [3.63, 3.8) is 0 Å². The number of benzene rings is 1. The third kappa shape index (κ3) is 3.51. The quantitative estimate of drug-likeness (QED) is 0.677. The van der Waals surface area contributed by atoms with Crippen molar-refractivity contribution in [2.75, 3.05) is 23.3 Å². The van der Waals surface area contributed by atoms with E-state index in [1.807, 2.05) is 0 Å². The number of anilines is 2. The Bertz CT molecular complexity index is 999. The molecule has 8 heteroatoms. The van der Waals surface area contributed by atoms with E-state index in [1.165, 1.54) is 46.9 Å². The number of aromatic nitrogens is 2. The van der Waals surface area contributed by atoms with E-state index >= 15 is 0 Å². The van der Waals surface area contributed by atoms with E-state index in [4.69, 9.17) is 0 Å². The smallest absolute Gasteiger partial charge is 0.229 e. The van der Waals surface area contributed by atoms with Gasteiger partial charge in [-0.2, -0.15) is 0 Å². The number of halogens is 1. The molecule has 0 bridgehead atoms. The number of amides is 1. The second kappa shape index (κ2) is 7.40. The summed E-state index contributed by atoms with van der Waals surface area (Å²) < 4.78 is 14.3. The van der Waals surface area contributed by atoms with Crippen LogP contribution in [0.25, 0.3) is 10.2 Å². The van der Waals surface area contributed by atoms with Gasteiger partial charge in [-0.05, 0) is 56.7 Å². The van der Waals surface area contributed by atoms with E-state index < -0.39 is 0 Å². The first-order valence-electron chi connectivity index (χ1n) is 9.76. The highest BCUT2D eigenvalue weighted by atomic mass is 32.1. The summed E-state index contributed by atoms with van der Waals surface area (Å²) in [5.74, 6) is -0.150. The molecule has 1 aliphatic carbocycles. The van der Waals surface area contributed by atoms with Crippen molar-refractivity contribution in [1.29, 1.82) is 0 Å². The molecule has 1 amide bonds. The van der Waals surface area contributed by atoms with Crippen LogP contribution < -0.4 is 10.2 Å². The predicted molar refractivity (Wildman–Crippen MR) is 112 cm³/mol. The molecule has 0 atom stereocenters. The Hall–Kier alpha value is -2.06. The number of hydrogen-bond acceptors (Lipinski definition) is 6. The average Bonchev–Trinajstić information content (AvgIpc) is 3.31. The molecular weight excluding hydrogens is 395 g/mol. The Morgan fingerprint density at radius 2 is 1.96 bits per heavy atom. The Labute approximate surface area is 170 Å². The number of fused-ring (bicyclic) bond motifs is 2. The lowest BCUT2D eigenvalue weighted by Gasteiger charge is -2.30. The van der Waals surface area contributed by atoms with Crippen molar-refractivity contribution in [3.8, 4) is 0 Å². The number of carbonyl (C=O) groups is 1. The van der Waals surface area contributed by atoms with Crippen molar-refractivity contribution in [2.45, 2.75) is 38.5 Å². The van der Waals surface area contributed by atoms with E-state index in [0.717, 1.165) is 59.3 Å². The molecule has 1 aromatic carbocycles. The van der Waals surface area contributed by atoms with Gasteiger partial charge in [0.1, 0.15) is 5.82 Å². The molecule has 0 saturated carbocycles. The normalized spacial score (nSPS) is 17.7. The first kappa shape index (κ1) is 18.0. The number of rotatable bonds is 3. The van der Waals surface area contributed by atoms with Crippen molar-refractivity contribution in [1.82, 2.24) is 9.97 Å². The van der Waals surface area contributed by atoms with E-state index in [0.29, 0.717) is 0 Å². The topological polar surface area (TPSA) is 58.1 Å². The number of hydrogen-bond donors (Lipinski definition) is 1. The van der Waals surface area contributed by atoms with Crippen LogP contribution in [0.3, 0.4) is 0 Å². The minimum absolute atomic E-state index is 0.00370. The highest BCUT2D eigenvalue weighted by molar-refractivity contribution is 7.22. The standard InChI is InChI=1S/C20H21FN4OS2/c21-13-5-6-15-17(11-13)28-20(23-15)25-9-7-12(8-10-25)18(26)24-19-22-14-3-1-2-4-16(14)27-19/h5-6,11-12H,1-4,7-10H2,(H,22,24,26). The summed E-state index contributed by atoms with van der Waals surface area (Å²) in [5.41, 5.74) is 2.00. The van der Waals surface area contributed by atoms with Gasteiger partial charge in [-0.15, -0.1) is 11.3 Å². The molecule has 5 nitrogen and oxygen atoms in total. The minimum Gasteiger partial charge on any atom is -0.348 e. The van der Waals surface area contributed by atoms with Gasteiger partial charge < -0.3 is 10.2 Å². The van der Waals surface area contributed by atoms with Crippen LogP contribution in [0, 0.1) is 11.7 Å². The first-order valence-corrected chi connectivity index (χ1v) is 11.4. The first-order chi connectivity index (χ1) is 13.7. The molecule has 2 aliphatic rings. The third-order valence-electron chi connectivity index (χ3n) is 5.55. The van der Waals surface area contributed by atoms with Crippen LogP contribution in [-0.2, 0) is 17.6 Å². The van der Waals surface area contributed by atoms with Gasteiger partial charge >= 0.3 is 0 Å². The van der Waals surface area contributed by atoms with Gasteiger partial charge in [0.05, 0.1) is 15.9 Å². The lowest BCUT2D eigenvalue weighted by molar-refractivity contribution is -0.120. The van der Waals surface area contributed by atoms with Gasteiger partial charge in [-0.25, -0.2) is 14.4 Å². The second-order valence-corrected chi connectivity index (χ2v) is 9.55. The summed E-state index contributed by atoms with van der Waals surface area (Å²) in [6.07, 6.45) is 6.13. The molecule has 0 unspecified atom stereocenters. The summed E-state index contributed by atoms with van der Waals surface area (Å²) in [7, 11) is 0. The largest absolute Gasteiger partial charge is 0.348 e. The fourth-order valence-electron chi connectivity index (χ4n) is 3.97. The van der Waals surface area contributed by atoms with Crippen LogP contribution in [0.2, 0.25) is 0 Å². The monoisotopic (exact) mass is 416 g/mol. The number of piperidine rings is 1. The number of nitrogens with zero attached hydrogens (tertiary/aromatic N) is 3. The summed E-state index contributed by atoms with van der Waals surface area (Å²) >= 11 is 3.15. The number of carbonyl (C=O) groups excluding carboxylic acids is 1. The lowest BCUT2D eigenvalue weighted by Crippen LogP contribution is -2.38. The van der Waals surface area contributed by atoms with Crippen LogP contribution in [0.15, 0.2) is 18.2 Å². The molecule has 28 heavy (non-hydrogen) atoms. The Kier molecular flexibility index (Phi) is 4.76. The molecule has 1 fully saturated rings. The fourth-order valence-corrected chi connectivity index (χ4v) is 6.06. The van der Waals surface area contributed by atoms with E-state index in [1.54, 1.807) is 17.4 Å². The summed E-state index contributed by atoms with van der Waals surface area (Å²) in [5, 5.41) is 4.71. The van der Waals surface area contributed by atoms with Crippen LogP contribution in [0.5, 0.6) is 0 Å². The van der Waals surface area contributed by atoms with Crippen LogP contribution in [0.1, 0.15) is 36.3 Å². The average molecular weight is 417 g/mol. The molecule has 1 saturated heterocycles. The van der Waals surface area contributed by atoms with Gasteiger partial charge in [0.2, 0.25) is 5.91 Å². The van der Waals surface area contributed by atoms with Crippen LogP contribution in [-0.4, -0.2) is 29.0 Å². The van der Waals surface area contributed by atoms with Gasteiger partial charge in [0.25, 0.3) is 0 Å². The molecule has 2 aromatic heterocycles. The summed E-state index contributed by atoms with van der Waals surface area (Å²) in [6.45, 7) is 1.57. The molecular formula is C20H21FN4OS2. The SMILES string of the molecule is O=C(Nc1nc2c(s1)CCCC2)C1CCN(c2nc3ccc(F)cc3s2)CC1. The highest BCUT2D eigenvalue weighted by Gasteiger charge is 2.27. The molecule has 3 aromatic rings. The summed E-state index contributed by atoms with van der Waals surface area (Å²) in [6, 6.07) is 4.70. The second-order valence-electron chi connectivity index (χ2n) is 7.46. The zero-order chi connectivity index (χ0) is 19.1. The van der Waals surface area contributed by atoms with Crippen LogP contribution in [0.4, 0.5) is 14.7 Å². The van der Waals surface area contributed by atoms with Gasteiger partial charge in [-0.3, -0.25) is 4.79 Å². The Morgan fingerprint density at radius 3 is 2.79 bits per heavy atom. The lowest BCUT2D eigenvalue weighted by atomic mass is 9.96. The van der Waals surface area contributed by atoms with E-state index in [2.05, 4.69) is 20.2 Å². The van der Waals surface area contributed by atoms with E-state index in [-0.39, 0.29) is 17.6 Å². The van der Waals surface area contributed by atoms with Gasteiger partial charge in [-0.1, -0.05) is 11.3 Å². The molecule has 0 radical (unpaired) electrons. The zero-order valence-corrected chi connectivity index (χ0v) is 17.0. The zero-order valence-electron chi connectivity index (χ0n) is 15.4. The fraction of sp³-hybridized carbons (Fsp3) is 0.450. The summed E-state index contributed by atoms with van der Waals surface area (Å²) in [4.78, 5) is 25.5. The van der Waals surface area contributed by atoms with Gasteiger partial charge in [0.15, 0.2) is 10.3 Å². The molecule has 5 rings (SSSR count). The number of nitrogens with one attached hydrogen (secondary N) is 1. The van der Waals surface area contributed by atoms with Crippen molar-refractivity contribution >= 4 is 49.1 Å². The Balaban J connectivity index is 1.21. The maximum absolute atomic E-state index is 13.4. The highest BCUT2D eigenvalue weighted by Crippen LogP contribution is 2.33. The van der Waals surface area contributed by atoms with Gasteiger partial charge in [0, 0.05) is 23.9 Å². The molecule has 0 spiro atoms. The van der Waals surface area contributed by atoms with Crippen LogP contribution >= 0.6 is 22.7 Å². The molecule has 1 aliphatic heterocycles. The minimum atomic E-state index is -0.234. The molecule has 1 N–H and O–H groups in total. The van der Waals surface area contributed by atoms with Crippen molar-refractivity contribution in [3.05, 3.63) is 34.6 Å². The Morgan fingerprint density at radius 1 is 1.14 bits per heavy atom. The predicted octanol–water partition coefficient (Wildman–Crippen LogP) is 4.63. The van der Waals surface area contributed by atoms with Crippen molar-refractivity contribution < 1.29 is 9.18 Å².